The van der Waals surface area contributed by atoms with Gasteiger partial charge in [-0.15, -0.1) is 13.2 Å². The highest BCUT2D eigenvalue weighted by Crippen LogP contribution is 2.34. The van der Waals surface area contributed by atoms with Gasteiger partial charge in [0.1, 0.15) is 23.6 Å². The number of nitrogens with zero attached hydrogens (tertiary/aromatic N) is 3. The van der Waals surface area contributed by atoms with Crippen LogP contribution in [-0.4, -0.2) is 47.5 Å². The molecule has 0 saturated heterocycles. The molecule has 32 heavy (non-hydrogen) atoms. The summed E-state index contributed by atoms with van der Waals surface area (Å²) in [5, 5.41) is 6.03. The molecule has 8 nitrogen and oxygen atoms in total. The molecule has 1 amide bonds. The molecule has 1 atom stereocenters. The third kappa shape index (κ3) is 4.48. The Kier molecular flexibility index (Phi) is 5.47. The summed E-state index contributed by atoms with van der Waals surface area (Å²) in [7, 11) is 1.79. The Morgan fingerprint density at radius 1 is 1.25 bits per heavy atom. The monoisotopic (exact) mass is 455 g/mol. The minimum atomic E-state index is -4.97. The van der Waals surface area contributed by atoms with Crippen molar-refractivity contribution >= 4 is 23.4 Å². The Morgan fingerprint density at radius 3 is 2.62 bits per heavy atom. The number of carbonyl (C=O) groups is 1. The van der Waals surface area contributed by atoms with E-state index in [4.69, 9.17) is 4.74 Å². The first-order valence-corrected chi connectivity index (χ1v) is 9.91. The number of alkyl halides is 3. The Hall–Kier alpha value is -3.31. The van der Waals surface area contributed by atoms with E-state index >= 15 is 0 Å². The molecular weight excluding hydrogens is 434 g/mol. The van der Waals surface area contributed by atoms with E-state index in [9.17, 15) is 22.4 Å². The molecule has 0 bridgehead atoms. The number of anilines is 3. The van der Waals surface area contributed by atoms with Gasteiger partial charge in [0, 0.05) is 32.0 Å². The molecule has 0 unspecified atom stereocenters. The lowest BCUT2D eigenvalue weighted by molar-refractivity contribution is -0.275. The minimum Gasteiger partial charge on any atom is -0.490 e. The number of fused-ring (bicyclic) bond motifs is 1. The molecule has 1 aromatic heterocycles. The van der Waals surface area contributed by atoms with E-state index in [1.165, 1.54) is 6.07 Å². The molecule has 0 spiro atoms. The number of likely N-dealkylation sites (N-methyl/N-ethyl adjacent to an activating group) is 1. The lowest BCUT2D eigenvalue weighted by atomic mass is 9.89. The molecule has 2 aliphatic rings. The number of hydrogen-bond acceptors (Lipinski definition) is 7. The van der Waals surface area contributed by atoms with Gasteiger partial charge in [0.15, 0.2) is 17.4 Å². The normalized spacial score (nSPS) is 22.5. The van der Waals surface area contributed by atoms with E-state index in [0.29, 0.717) is 36.0 Å². The van der Waals surface area contributed by atoms with Crippen LogP contribution in [0.15, 0.2) is 18.2 Å². The molecule has 1 saturated carbocycles. The van der Waals surface area contributed by atoms with Gasteiger partial charge in [-0.2, -0.15) is 4.98 Å². The second kappa shape index (κ2) is 7.99. The standard InChI is InChI=1S/C20H21F4N5O3/c1-9-16-17(29(3)10(2)18(30)27-16)28-19(25-9)26-11-6-13(7-11)31-12-4-5-15(14(21)8-12)32-20(22,23)24/h4-5,8,10-11,13H,6-7H2,1-3H3,(H,27,30)(H,25,26,28)/t10-,11-,13-/m0/s1. The fraction of sp³-hybridized carbons (Fsp3) is 0.450. The van der Waals surface area contributed by atoms with E-state index < -0.39 is 17.9 Å². The number of amides is 1. The third-order valence-electron chi connectivity index (χ3n) is 5.47. The van der Waals surface area contributed by atoms with Crippen molar-refractivity contribution in [2.45, 2.75) is 51.2 Å². The van der Waals surface area contributed by atoms with Gasteiger partial charge >= 0.3 is 6.36 Å². The quantitative estimate of drug-likeness (QED) is 0.666. The molecular formula is C20H21F4N5O3. The topological polar surface area (TPSA) is 88.6 Å². The molecule has 2 N–H and O–H groups in total. The van der Waals surface area contributed by atoms with Crippen molar-refractivity contribution < 1.29 is 31.8 Å². The maximum atomic E-state index is 13.8. The van der Waals surface area contributed by atoms with E-state index in [1.807, 2.05) is 0 Å². The highest BCUT2D eigenvalue weighted by Gasteiger charge is 2.35. The van der Waals surface area contributed by atoms with Crippen LogP contribution in [0.3, 0.4) is 0 Å². The van der Waals surface area contributed by atoms with Crippen LogP contribution in [-0.2, 0) is 4.79 Å². The van der Waals surface area contributed by atoms with E-state index in [1.54, 1.807) is 25.8 Å². The van der Waals surface area contributed by atoms with Crippen LogP contribution in [0, 0.1) is 12.7 Å². The summed E-state index contributed by atoms with van der Waals surface area (Å²) in [5.41, 5.74) is 1.21. The first kappa shape index (κ1) is 21.9. The van der Waals surface area contributed by atoms with Crippen LogP contribution in [0.1, 0.15) is 25.5 Å². The average molecular weight is 455 g/mol. The zero-order valence-corrected chi connectivity index (χ0v) is 17.5. The van der Waals surface area contributed by atoms with Gasteiger partial charge in [0.2, 0.25) is 11.9 Å². The van der Waals surface area contributed by atoms with Crippen LogP contribution >= 0.6 is 0 Å². The molecule has 1 aliphatic heterocycles. The zero-order chi connectivity index (χ0) is 23.2. The molecule has 12 heteroatoms. The second-order valence-corrected chi connectivity index (χ2v) is 7.80. The third-order valence-corrected chi connectivity index (χ3v) is 5.47. The van der Waals surface area contributed by atoms with Crippen LogP contribution < -0.4 is 25.0 Å². The molecule has 4 rings (SSSR count). The lowest BCUT2D eigenvalue weighted by Crippen LogP contribution is -2.45. The molecule has 1 aliphatic carbocycles. The predicted molar refractivity (Wildman–Crippen MR) is 107 cm³/mol. The predicted octanol–water partition coefficient (Wildman–Crippen LogP) is 3.62. The smallest absolute Gasteiger partial charge is 0.490 e. The highest BCUT2D eigenvalue weighted by molar-refractivity contribution is 6.03. The largest absolute Gasteiger partial charge is 0.573 e. The van der Waals surface area contributed by atoms with Crippen molar-refractivity contribution in [2.75, 3.05) is 22.6 Å². The van der Waals surface area contributed by atoms with Crippen LogP contribution in [0.4, 0.5) is 35.0 Å². The fourth-order valence-electron chi connectivity index (χ4n) is 3.53. The molecule has 1 aromatic carbocycles. The number of aromatic nitrogens is 2. The minimum absolute atomic E-state index is 0.0102. The number of carbonyl (C=O) groups excluding carboxylic acids is 1. The van der Waals surface area contributed by atoms with Crippen LogP contribution in [0.5, 0.6) is 11.5 Å². The van der Waals surface area contributed by atoms with Gasteiger partial charge in [0.25, 0.3) is 0 Å². The molecule has 1 fully saturated rings. The highest BCUT2D eigenvalue weighted by atomic mass is 19.4. The van der Waals surface area contributed by atoms with Gasteiger partial charge < -0.3 is 25.0 Å². The number of hydrogen-bond donors (Lipinski definition) is 2. The number of halogens is 4. The molecule has 2 heterocycles. The summed E-state index contributed by atoms with van der Waals surface area (Å²) in [6.07, 6.45) is -4.05. The van der Waals surface area contributed by atoms with Crippen molar-refractivity contribution in [3.05, 3.63) is 29.7 Å². The number of ether oxygens (including phenoxy) is 2. The van der Waals surface area contributed by atoms with Crippen LogP contribution in [0.2, 0.25) is 0 Å². The number of rotatable bonds is 5. The fourth-order valence-corrected chi connectivity index (χ4v) is 3.53. The summed E-state index contributed by atoms with van der Waals surface area (Å²) >= 11 is 0. The maximum Gasteiger partial charge on any atom is 0.573 e. The van der Waals surface area contributed by atoms with Crippen molar-refractivity contribution in [1.82, 2.24) is 9.97 Å². The van der Waals surface area contributed by atoms with Gasteiger partial charge in [-0.3, -0.25) is 4.79 Å². The Balaban J connectivity index is 1.35. The number of nitrogens with one attached hydrogen (secondary N) is 2. The van der Waals surface area contributed by atoms with Gasteiger partial charge in [-0.1, -0.05) is 0 Å². The van der Waals surface area contributed by atoms with Crippen molar-refractivity contribution in [3.63, 3.8) is 0 Å². The summed E-state index contributed by atoms with van der Waals surface area (Å²) in [5.74, 6) is -1.03. The van der Waals surface area contributed by atoms with Crippen molar-refractivity contribution in [1.29, 1.82) is 0 Å². The van der Waals surface area contributed by atoms with Crippen molar-refractivity contribution in [2.24, 2.45) is 0 Å². The first-order valence-electron chi connectivity index (χ1n) is 9.91. The SMILES string of the molecule is Cc1nc(N[C@H]2C[C@H](Oc3ccc(OC(F)(F)F)c(F)c3)C2)nc2c1NC(=O)[C@H](C)N2C. The van der Waals surface area contributed by atoms with Gasteiger partial charge in [0.05, 0.1) is 5.69 Å². The molecule has 0 radical (unpaired) electrons. The summed E-state index contributed by atoms with van der Waals surface area (Å²) in [6.45, 7) is 3.56. The summed E-state index contributed by atoms with van der Waals surface area (Å²) < 4.78 is 59.8. The van der Waals surface area contributed by atoms with Gasteiger partial charge in [-0.25, -0.2) is 9.37 Å². The maximum absolute atomic E-state index is 13.8. The second-order valence-electron chi connectivity index (χ2n) is 7.80. The Labute approximate surface area is 180 Å². The Bertz CT molecular complexity index is 1040. The molecule has 2 aromatic rings. The first-order chi connectivity index (χ1) is 15.0. The summed E-state index contributed by atoms with van der Waals surface area (Å²) in [4.78, 5) is 22.7. The lowest BCUT2D eigenvalue weighted by Gasteiger charge is -2.37. The van der Waals surface area contributed by atoms with Crippen molar-refractivity contribution in [3.8, 4) is 11.5 Å². The Morgan fingerprint density at radius 2 is 1.97 bits per heavy atom. The molecule has 172 valence electrons. The number of aryl methyl sites for hydroxylation is 1. The van der Waals surface area contributed by atoms with E-state index in [2.05, 4.69) is 25.3 Å². The zero-order valence-electron chi connectivity index (χ0n) is 17.5. The van der Waals surface area contributed by atoms with Gasteiger partial charge in [-0.05, 0) is 26.0 Å². The van der Waals surface area contributed by atoms with Crippen LogP contribution in [0.25, 0.3) is 0 Å². The van der Waals surface area contributed by atoms with E-state index in [-0.39, 0.29) is 29.8 Å². The summed E-state index contributed by atoms with van der Waals surface area (Å²) in [6, 6.07) is 2.62. The van der Waals surface area contributed by atoms with E-state index in [0.717, 1.165) is 12.1 Å². The average Bonchev–Trinajstić information content (AvgIpc) is 2.67. The number of benzene rings is 1.